The molecule has 0 aliphatic heterocycles. The van der Waals surface area contributed by atoms with Crippen molar-refractivity contribution in [2.75, 3.05) is 4.72 Å². The Kier molecular flexibility index (Phi) is 5.99. The van der Waals surface area contributed by atoms with Crippen LogP contribution >= 0.6 is 0 Å². The molecule has 1 N–H and O–H groups in total. The van der Waals surface area contributed by atoms with Gasteiger partial charge in [-0.3, -0.25) is 14.1 Å². The van der Waals surface area contributed by atoms with E-state index in [-0.39, 0.29) is 21.8 Å². The molecule has 0 aliphatic rings. The molecule has 7 nitrogen and oxygen atoms in total. The van der Waals surface area contributed by atoms with Crippen LogP contribution in [0.3, 0.4) is 0 Å². The van der Waals surface area contributed by atoms with Crippen LogP contribution in [0, 0.1) is 12.7 Å². The number of aryl methyl sites for hydroxylation is 1. The number of hydrogen-bond acceptors (Lipinski definition) is 5. The molecule has 0 atom stereocenters. The molecule has 0 aliphatic carbocycles. The minimum Gasteiger partial charge on any atom is -0.457 e. The lowest BCUT2D eigenvalue weighted by Gasteiger charge is -2.14. The van der Waals surface area contributed by atoms with E-state index in [9.17, 15) is 17.6 Å². The standard InChI is InChI=1S/C27H20FN3O4S/c1-18-29-25-10-6-5-9-23(25)27(32)31(18)19-11-16-24(28)26(17-19)30-36(33,34)22-14-12-21(13-15-22)35-20-7-3-2-4-8-20/h2-17,30H,1H3. The Balaban J connectivity index is 1.45. The Morgan fingerprint density at radius 2 is 1.53 bits per heavy atom. The van der Waals surface area contributed by atoms with Gasteiger partial charge in [0.05, 0.1) is 27.2 Å². The van der Waals surface area contributed by atoms with Gasteiger partial charge in [-0.25, -0.2) is 17.8 Å². The summed E-state index contributed by atoms with van der Waals surface area (Å²) in [5.74, 6) is 0.657. The molecule has 36 heavy (non-hydrogen) atoms. The largest absolute Gasteiger partial charge is 0.457 e. The molecule has 1 heterocycles. The SMILES string of the molecule is Cc1nc2ccccc2c(=O)n1-c1ccc(F)c(NS(=O)(=O)c2ccc(Oc3ccccc3)cc2)c1. The molecule has 5 aromatic rings. The quantitative estimate of drug-likeness (QED) is 0.335. The third-order valence-corrected chi connectivity index (χ3v) is 6.89. The highest BCUT2D eigenvalue weighted by atomic mass is 32.2. The molecule has 0 radical (unpaired) electrons. The fraction of sp³-hybridized carbons (Fsp3) is 0.0370. The van der Waals surface area contributed by atoms with E-state index >= 15 is 0 Å². The molecule has 0 spiro atoms. The maximum atomic E-state index is 14.6. The van der Waals surface area contributed by atoms with Gasteiger partial charge in [-0.05, 0) is 73.7 Å². The normalized spacial score (nSPS) is 11.4. The molecule has 5 rings (SSSR count). The minimum atomic E-state index is -4.13. The number of rotatable bonds is 6. The maximum absolute atomic E-state index is 14.6. The van der Waals surface area contributed by atoms with Gasteiger partial charge in [0.1, 0.15) is 23.1 Å². The number of nitrogens with zero attached hydrogens (tertiary/aromatic N) is 2. The average molecular weight is 502 g/mol. The number of anilines is 1. The number of ether oxygens (including phenoxy) is 1. The van der Waals surface area contributed by atoms with E-state index in [0.29, 0.717) is 28.2 Å². The van der Waals surface area contributed by atoms with E-state index in [1.54, 1.807) is 43.3 Å². The van der Waals surface area contributed by atoms with Gasteiger partial charge in [-0.2, -0.15) is 0 Å². The van der Waals surface area contributed by atoms with Crippen molar-refractivity contribution in [1.29, 1.82) is 0 Å². The summed E-state index contributed by atoms with van der Waals surface area (Å²) in [7, 11) is -4.13. The Labute approximate surface area is 206 Å². The first-order chi connectivity index (χ1) is 17.3. The first-order valence-electron chi connectivity index (χ1n) is 11.0. The molecule has 4 aromatic carbocycles. The lowest BCUT2D eigenvalue weighted by Crippen LogP contribution is -2.22. The maximum Gasteiger partial charge on any atom is 0.265 e. The van der Waals surface area contributed by atoms with Gasteiger partial charge in [0, 0.05) is 0 Å². The summed E-state index contributed by atoms with van der Waals surface area (Å²) in [6.45, 7) is 1.65. The number of benzene rings is 4. The third kappa shape index (κ3) is 4.56. The second-order valence-corrected chi connectivity index (χ2v) is 9.66. The molecule has 0 unspecified atom stereocenters. The fourth-order valence-electron chi connectivity index (χ4n) is 3.79. The summed E-state index contributed by atoms with van der Waals surface area (Å²) >= 11 is 0. The first-order valence-corrected chi connectivity index (χ1v) is 12.4. The lowest BCUT2D eigenvalue weighted by atomic mass is 10.2. The zero-order valence-electron chi connectivity index (χ0n) is 19.1. The molecular weight excluding hydrogens is 481 g/mol. The minimum absolute atomic E-state index is 0.0755. The van der Waals surface area contributed by atoms with Gasteiger partial charge in [-0.1, -0.05) is 30.3 Å². The lowest BCUT2D eigenvalue weighted by molar-refractivity contribution is 0.482. The smallest absolute Gasteiger partial charge is 0.265 e. The summed E-state index contributed by atoms with van der Waals surface area (Å²) in [5.41, 5.74) is 0.185. The first kappa shape index (κ1) is 23.3. The van der Waals surface area contributed by atoms with E-state index in [0.717, 1.165) is 6.07 Å². The average Bonchev–Trinajstić information content (AvgIpc) is 2.87. The zero-order valence-corrected chi connectivity index (χ0v) is 19.9. The van der Waals surface area contributed by atoms with Crippen LogP contribution in [-0.4, -0.2) is 18.0 Å². The van der Waals surface area contributed by atoms with Crippen LogP contribution in [0.15, 0.2) is 107 Å². The number of fused-ring (bicyclic) bond motifs is 1. The van der Waals surface area contributed by atoms with Gasteiger partial charge in [0.25, 0.3) is 15.6 Å². The van der Waals surface area contributed by atoms with E-state index in [4.69, 9.17) is 4.74 Å². The second-order valence-electron chi connectivity index (χ2n) is 7.97. The fourth-order valence-corrected chi connectivity index (χ4v) is 4.85. The van der Waals surface area contributed by atoms with Gasteiger partial charge in [-0.15, -0.1) is 0 Å². The Morgan fingerprint density at radius 3 is 2.28 bits per heavy atom. The van der Waals surface area contributed by atoms with E-state index in [2.05, 4.69) is 9.71 Å². The van der Waals surface area contributed by atoms with Crippen molar-refractivity contribution in [3.63, 3.8) is 0 Å². The molecule has 0 bridgehead atoms. The van der Waals surface area contributed by atoms with E-state index in [1.807, 2.05) is 18.2 Å². The number of aromatic nitrogens is 2. The summed E-state index contributed by atoms with van der Waals surface area (Å²) in [6, 6.07) is 25.5. The Bertz CT molecular complexity index is 1740. The van der Waals surface area contributed by atoms with Crippen molar-refractivity contribution in [3.05, 3.63) is 119 Å². The molecule has 0 saturated heterocycles. The molecule has 1 aromatic heterocycles. The number of para-hydroxylation sites is 2. The molecule has 0 saturated carbocycles. The van der Waals surface area contributed by atoms with Crippen LogP contribution in [0.4, 0.5) is 10.1 Å². The van der Waals surface area contributed by atoms with Crippen LogP contribution in [0.2, 0.25) is 0 Å². The van der Waals surface area contributed by atoms with Crippen molar-refractivity contribution < 1.29 is 17.5 Å². The van der Waals surface area contributed by atoms with Gasteiger partial charge < -0.3 is 4.74 Å². The molecule has 9 heteroatoms. The monoisotopic (exact) mass is 501 g/mol. The summed E-state index contributed by atoms with van der Waals surface area (Å²) < 4.78 is 49.9. The number of sulfonamides is 1. The molecular formula is C27H20FN3O4S. The van der Waals surface area contributed by atoms with E-state index < -0.39 is 15.8 Å². The van der Waals surface area contributed by atoms with Gasteiger partial charge >= 0.3 is 0 Å². The number of halogens is 1. The van der Waals surface area contributed by atoms with Crippen molar-refractivity contribution in [2.45, 2.75) is 11.8 Å². The summed E-state index contributed by atoms with van der Waals surface area (Å²) in [5, 5.41) is 0.396. The molecule has 0 amide bonds. The highest BCUT2D eigenvalue weighted by Gasteiger charge is 2.18. The molecule has 180 valence electrons. The van der Waals surface area contributed by atoms with Crippen LogP contribution in [0.1, 0.15) is 5.82 Å². The predicted octanol–water partition coefficient (Wildman–Crippen LogP) is 5.43. The third-order valence-electron chi connectivity index (χ3n) is 5.51. The Hall–Kier alpha value is -4.50. The number of hydrogen-bond donors (Lipinski definition) is 1. The van der Waals surface area contributed by atoms with Crippen molar-refractivity contribution in [3.8, 4) is 17.2 Å². The van der Waals surface area contributed by atoms with Crippen LogP contribution in [-0.2, 0) is 10.0 Å². The van der Waals surface area contributed by atoms with Crippen LogP contribution in [0.25, 0.3) is 16.6 Å². The summed E-state index contributed by atoms with van der Waals surface area (Å²) in [4.78, 5) is 17.5. The predicted molar refractivity (Wildman–Crippen MR) is 136 cm³/mol. The van der Waals surface area contributed by atoms with Crippen LogP contribution in [0.5, 0.6) is 11.5 Å². The summed E-state index contributed by atoms with van der Waals surface area (Å²) in [6.07, 6.45) is 0. The Morgan fingerprint density at radius 1 is 0.861 bits per heavy atom. The van der Waals surface area contributed by atoms with Crippen molar-refractivity contribution in [1.82, 2.24) is 9.55 Å². The van der Waals surface area contributed by atoms with Gasteiger partial charge in [0.2, 0.25) is 0 Å². The zero-order chi connectivity index (χ0) is 25.3. The number of nitrogens with one attached hydrogen (secondary N) is 1. The van der Waals surface area contributed by atoms with E-state index in [1.165, 1.54) is 41.0 Å². The van der Waals surface area contributed by atoms with Crippen molar-refractivity contribution in [2.24, 2.45) is 0 Å². The van der Waals surface area contributed by atoms with Crippen LogP contribution < -0.4 is 15.0 Å². The molecule has 0 fully saturated rings. The van der Waals surface area contributed by atoms with Crippen molar-refractivity contribution >= 4 is 26.6 Å². The second kappa shape index (κ2) is 9.27. The topological polar surface area (TPSA) is 90.3 Å². The van der Waals surface area contributed by atoms with Gasteiger partial charge in [0.15, 0.2) is 0 Å². The highest BCUT2D eigenvalue weighted by molar-refractivity contribution is 7.92. The highest BCUT2D eigenvalue weighted by Crippen LogP contribution is 2.26.